The predicted octanol–water partition coefficient (Wildman–Crippen LogP) is 6.98. The number of benzene rings is 1. The Morgan fingerprint density at radius 2 is 1.77 bits per heavy atom. The van der Waals surface area contributed by atoms with Crippen molar-refractivity contribution in [1.82, 2.24) is 4.72 Å². The van der Waals surface area contributed by atoms with Crippen molar-refractivity contribution in [2.24, 2.45) is 11.8 Å². The van der Waals surface area contributed by atoms with E-state index in [-0.39, 0.29) is 6.42 Å². The number of thioether (sulfide) groups is 1. The molecule has 1 fully saturated rings. The van der Waals surface area contributed by atoms with E-state index in [4.69, 9.17) is 0 Å². The number of carbonyl (C=O) groups excluding carboxylic acids is 1. The molecule has 0 bridgehead atoms. The van der Waals surface area contributed by atoms with Gasteiger partial charge in [0.05, 0.1) is 11.8 Å². The van der Waals surface area contributed by atoms with Gasteiger partial charge in [-0.15, -0.1) is 0 Å². The van der Waals surface area contributed by atoms with E-state index in [1.807, 2.05) is 16.5 Å². The van der Waals surface area contributed by atoms with Gasteiger partial charge in [0.15, 0.2) is 0 Å². The molecular weight excluding hydrogens is 495 g/mol. The van der Waals surface area contributed by atoms with E-state index < -0.39 is 27.7 Å². The summed E-state index contributed by atoms with van der Waals surface area (Å²) in [6, 6.07) is 5.70. The van der Waals surface area contributed by atoms with Crippen molar-refractivity contribution in [2.45, 2.75) is 94.9 Å². The van der Waals surface area contributed by atoms with Crippen molar-refractivity contribution in [3.63, 3.8) is 0 Å². The molecule has 1 aromatic rings. The summed E-state index contributed by atoms with van der Waals surface area (Å²) in [5.74, 6) is 1.05. The smallest absolute Gasteiger partial charge is 0.274 e. The molecule has 0 heterocycles. The maximum atomic E-state index is 13.0. The standard InChI is InChI=1S/C26H40F3NO3S2/c1-34-24(17-15-20-9-7-13-23(19-20)26(27,28)29)18-16-22-12-8-11-21(22)10-5-3-4-6-14-25(31)30-35(2,32)33/h7,9,13,19,21-22,24H,3-6,8,10-12,14-18H2,1-2H3,(H,30,31)/t21-,22?,24?/m0/s1. The molecule has 1 aromatic carbocycles. The minimum absolute atomic E-state index is 0.246. The summed E-state index contributed by atoms with van der Waals surface area (Å²) in [4.78, 5) is 11.5. The third-order valence-corrected chi connectivity index (χ3v) is 8.78. The fourth-order valence-electron chi connectivity index (χ4n) is 5.19. The molecule has 0 spiro atoms. The number of hydrogen-bond acceptors (Lipinski definition) is 4. The first-order chi connectivity index (χ1) is 16.5. The summed E-state index contributed by atoms with van der Waals surface area (Å²) >= 11 is 1.82. The number of halogens is 3. The molecule has 0 aromatic heterocycles. The van der Waals surface area contributed by atoms with Crippen LogP contribution in [0.25, 0.3) is 0 Å². The molecule has 1 amide bonds. The van der Waals surface area contributed by atoms with Gasteiger partial charge in [-0.05, 0) is 61.8 Å². The van der Waals surface area contributed by atoms with E-state index >= 15 is 0 Å². The highest BCUT2D eigenvalue weighted by Gasteiger charge is 2.30. The number of aryl methyl sites for hydroxylation is 1. The molecule has 9 heteroatoms. The van der Waals surface area contributed by atoms with Crippen LogP contribution in [-0.4, -0.2) is 32.1 Å². The number of carbonyl (C=O) groups is 1. The van der Waals surface area contributed by atoms with Crippen LogP contribution >= 0.6 is 11.8 Å². The Kier molecular flexibility index (Phi) is 12.4. The normalized spacial score (nSPS) is 19.6. The van der Waals surface area contributed by atoms with Gasteiger partial charge >= 0.3 is 6.18 Å². The van der Waals surface area contributed by atoms with Gasteiger partial charge in [0.1, 0.15) is 0 Å². The Morgan fingerprint density at radius 1 is 1.09 bits per heavy atom. The first kappa shape index (κ1) is 30.0. The summed E-state index contributed by atoms with van der Waals surface area (Å²) in [5, 5.41) is 0.462. The van der Waals surface area contributed by atoms with Gasteiger partial charge in [0, 0.05) is 11.7 Å². The summed E-state index contributed by atoms with van der Waals surface area (Å²) in [6.07, 6.45) is 11.7. The number of unbranched alkanes of at least 4 members (excludes halogenated alkanes) is 3. The SMILES string of the molecule is CSC(CCc1cccc(C(F)(F)F)c1)CCC1CCC[C@@H]1CCCCCCC(=O)NS(C)(=O)=O. The number of rotatable bonds is 15. The Balaban J connectivity index is 1.66. The second-order valence-electron chi connectivity index (χ2n) is 9.87. The molecule has 1 aliphatic rings. The molecule has 0 saturated heterocycles. The summed E-state index contributed by atoms with van der Waals surface area (Å²) in [5.41, 5.74) is 0.188. The van der Waals surface area contributed by atoms with E-state index in [0.29, 0.717) is 18.1 Å². The zero-order chi connectivity index (χ0) is 25.9. The average molecular weight is 536 g/mol. The van der Waals surface area contributed by atoms with Crippen molar-refractivity contribution in [3.05, 3.63) is 35.4 Å². The van der Waals surface area contributed by atoms with Crippen LogP contribution in [-0.2, 0) is 27.4 Å². The maximum Gasteiger partial charge on any atom is 0.416 e. The molecule has 2 unspecified atom stereocenters. The number of nitrogens with one attached hydrogen (secondary N) is 1. The Hall–Kier alpha value is -1.22. The number of alkyl halides is 3. The molecule has 0 radical (unpaired) electrons. The van der Waals surface area contributed by atoms with Crippen LogP contribution in [0.1, 0.15) is 88.2 Å². The molecule has 3 atom stereocenters. The van der Waals surface area contributed by atoms with Crippen molar-refractivity contribution in [3.8, 4) is 0 Å². The number of amides is 1. The van der Waals surface area contributed by atoms with Crippen LogP contribution in [0.5, 0.6) is 0 Å². The van der Waals surface area contributed by atoms with E-state index in [9.17, 15) is 26.4 Å². The van der Waals surface area contributed by atoms with Crippen LogP contribution in [0.2, 0.25) is 0 Å². The van der Waals surface area contributed by atoms with Crippen LogP contribution in [0.4, 0.5) is 13.2 Å². The molecule has 4 nitrogen and oxygen atoms in total. The molecular formula is C26H40F3NO3S2. The molecule has 2 rings (SSSR count). The first-order valence-corrected chi connectivity index (χ1v) is 15.9. The van der Waals surface area contributed by atoms with E-state index in [2.05, 4.69) is 6.26 Å². The van der Waals surface area contributed by atoms with Gasteiger partial charge in [-0.1, -0.05) is 63.1 Å². The Morgan fingerprint density at radius 3 is 2.43 bits per heavy atom. The highest BCUT2D eigenvalue weighted by Crippen LogP contribution is 2.39. The van der Waals surface area contributed by atoms with Gasteiger partial charge in [0.25, 0.3) is 0 Å². The molecule has 1 aliphatic carbocycles. The summed E-state index contributed by atoms with van der Waals surface area (Å²) in [7, 11) is -3.47. The van der Waals surface area contributed by atoms with Crippen molar-refractivity contribution < 1.29 is 26.4 Å². The van der Waals surface area contributed by atoms with Gasteiger partial charge < -0.3 is 0 Å². The quantitative estimate of drug-likeness (QED) is 0.246. The maximum absolute atomic E-state index is 13.0. The first-order valence-electron chi connectivity index (χ1n) is 12.7. The number of hydrogen-bond donors (Lipinski definition) is 1. The lowest BCUT2D eigenvalue weighted by atomic mass is 9.86. The predicted molar refractivity (Wildman–Crippen MR) is 138 cm³/mol. The fraction of sp³-hybridized carbons (Fsp3) is 0.731. The Bertz CT molecular complexity index is 890. The van der Waals surface area contributed by atoms with Crippen LogP contribution in [0.15, 0.2) is 24.3 Å². The van der Waals surface area contributed by atoms with E-state index in [1.54, 1.807) is 6.07 Å². The largest absolute Gasteiger partial charge is 0.416 e. The monoisotopic (exact) mass is 535 g/mol. The molecule has 1 saturated carbocycles. The van der Waals surface area contributed by atoms with Crippen molar-refractivity contribution in [2.75, 3.05) is 12.5 Å². The fourth-order valence-corrected chi connectivity index (χ4v) is 6.43. The van der Waals surface area contributed by atoms with E-state index in [1.165, 1.54) is 44.2 Å². The van der Waals surface area contributed by atoms with Gasteiger partial charge in [-0.2, -0.15) is 24.9 Å². The lowest BCUT2D eigenvalue weighted by molar-refractivity contribution is -0.137. The molecule has 0 aliphatic heterocycles. The average Bonchev–Trinajstić information content (AvgIpc) is 3.22. The number of sulfonamides is 1. The highest BCUT2D eigenvalue weighted by atomic mass is 32.2. The zero-order valence-electron chi connectivity index (χ0n) is 20.9. The van der Waals surface area contributed by atoms with Crippen LogP contribution in [0.3, 0.4) is 0 Å². The minimum Gasteiger partial charge on any atom is -0.274 e. The summed E-state index contributed by atoms with van der Waals surface area (Å²) in [6.45, 7) is 0. The van der Waals surface area contributed by atoms with Gasteiger partial charge in [-0.25, -0.2) is 8.42 Å². The molecule has 1 N–H and O–H groups in total. The second kappa shape index (κ2) is 14.5. The van der Waals surface area contributed by atoms with Crippen molar-refractivity contribution in [1.29, 1.82) is 0 Å². The van der Waals surface area contributed by atoms with Gasteiger partial charge in [-0.3, -0.25) is 9.52 Å². The molecule has 200 valence electrons. The Labute approximate surface area is 213 Å². The molecule has 35 heavy (non-hydrogen) atoms. The minimum atomic E-state index is -4.29. The third kappa shape index (κ3) is 12.0. The summed E-state index contributed by atoms with van der Waals surface area (Å²) < 4.78 is 63.0. The third-order valence-electron chi connectivity index (χ3n) is 7.05. The lowest BCUT2D eigenvalue weighted by Crippen LogP contribution is -2.28. The second-order valence-corrected chi connectivity index (χ2v) is 12.8. The highest BCUT2D eigenvalue weighted by molar-refractivity contribution is 7.99. The topological polar surface area (TPSA) is 63.2 Å². The van der Waals surface area contributed by atoms with Crippen LogP contribution in [0, 0.1) is 11.8 Å². The van der Waals surface area contributed by atoms with Gasteiger partial charge in [0.2, 0.25) is 15.9 Å². The van der Waals surface area contributed by atoms with Crippen LogP contribution < -0.4 is 4.72 Å². The van der Waals surface area contributed by atoms with Crippen molar-refractivity contribution >= 4 is 27.7 Å². The zero-order valence-corrected chi connectivity index (χ0v) is 22.5. The van der Waals surface area contributed by atoms with E-state index in [0.717, 1.165) is 61.8 Å². The lowest BCUT2D eigenvalue weighted by Gasteiger charge is -2.22.